The largest absolute Gasteiger partial charge is 0.355 e. The van der Waals surface area contributed by atoms with Crippen molar-refractivity contribution in [2.75, 3.05) is 5.32 Å². The summed E-state index contributed by atoms with van der Waals surface area (Å²) in [5.74, 6) is 0. The summed E-state index contributed by atoms with van der Waals surface area (Å²) in [5, 5.41) is 3.30. The number of nitrogens with zero attached hydrogens (tertiary/aromatic N) is 1. The normalized spacial score (nSPS) is 12.6. The Morgan fingerprint density at radius 1 is 1.30 bits per heavy atom. The molecule has 1 heterocycles. The lowest BCUT2D eigenvalue weighted by Gasteiger charge is -2.07. The predicted octanol–water partition coefficient (Wildman–Crippen LogP) is 3.37. The van der Waals surface area contributed by atoms with E-state index in [1.54, 1.807) is 0 Å². The number of anilines is 1. The number of fused-ring (bicyclic) bond motifs is 1. The van der Waals surface area contributed by atoms with Crippen molar-refractivity contribution in [1.29, 1.82) is 0 Å². The number of hydrogen-bond acceptors (Lipinski definition) is 3. The van der Waals surface area contributed by atoms with Crippen LogP contribution in [0.1, 0.15) is 13.8 Å². The van der Waals surface area contributed by atoms with Crippen molar-refractivity contribution in [2.24, 2.45) is 0 Å². The van der Waals surface area contributed by atoms with Crippen LogP contribution in [-0.4, -0.2) is 9.97 Å². The van der Waals surface area contributed by atoms with Gasteiger partial charge in [-0.2, -0.15) is 0 Å². The van der Waals surface area contributed by atoms with E-state index in [0.717, 1.165) is 16.9 Å². The summed E-state index contributed by atoms with van der Waals surface area (Å²) in [6.07, 6.45) is 11.1. The zero-order valence-electron chi connectivity index (χ0n) is 11.6. The summed E-state index contributed by atoms with van der Waals surface area (Å²) in [6, 6.07) is 5.67. The second kappa shape index (κ2) is 6.52. The lowest BCUT2D eigenvalue weighted by molar-refractivity contribution is 1.22. The Balaban J connectivity index is 2.35. The molecule has 2 rings (SSSR count). The van der Waals surface area contributed by atoms with E-state index in [0.29, 0.717) is 5.52 Å². The highest BCUT2D eigenvalue weighted by atomic mass is 16.1. The number of nitrogens with one attached hydrogen (secondary N) is 2. The van der Waals surface area contributed by atoms with E-state index in [-0.39, 0.29) is 5.56 Å². The summed E-state index contributed by atoms with van der Waals surface area (Å²) in [5.41, 5.74) is 3.15. The molecule has 4 heteroatoms. The molecule has 4 nitrogen and oxygen atoms in total. The van der Waals surface area contributed by atoms with Crippen LogP contribution in [0.5, 0.6) is 0 Å². The highest BCUT2D eigenvalue weighted by Crippen LogP contribution is 2.16. The van der Waals surface area contributed by atoms with Gasteiger partial charge in [-0.15, -0.1) is 0 Å². The summed E-state index contributed by atoms with van der Waals surface area (Å²) in [7, 11) is 0. The van der Waals surface area contributed by atoms with Crippen LogP contribution >= 0.6 is 0 Å². The Bertz CT molecular complexity index is 739. The van der Waals surface area contributed by atoms with Crippen LogP contribution < -0.4 is 10.9 Å². The first-order chi connectivity index (χ1) is 9.72. The van der Waals surface area contributed by atoms with Gasteiger partial charge in [0, 0.05) is 11.4 Å². The van der Waals surface area contributed by atoms with Crippen molar-refractivity contribution in [3.05, 3.63) is 70.8 Å². The van der Waals surface area contributed by atoms with Crippen LogP contribution in [0.25, 0.3) is 11.0 Å². The maximum Gasteiger partial charge on any atom is 0.266 e. The molecule has 2 aromatic rings. The Morgan fingerprint density at radius 3 is 2.90 bits per heavy atom. The van der Waals surface area contributed by atoms with E-state index in [2.05, 4.69) is 15.3 Å². The second-order valence-corrected chi connectivity index (χ2v) is 4.25. The van der Waals surface area contributed by atoms with Gasteiger partial charge in [0.2, 0.25) is 0 Å². The lowest BCUT2D eigenvalue weighted by Crippen LogP contribution is -2.05. The maximum atomic E-state index is 11.3. The zero-order valence-corrected chi connectivity index (χ0v) is 11.6. The van der Waals surface area contributed by atoms with Crippen LogP contribution in [0.3, 0.4) is 0 Å². The van der Waals surface area contributed by atoms with Gasteiger partial charge in [0.25, 0.3) is 5.56 Å². The first-order valence-electron chi connectivity index (χ1n) is 6.44. The Labute approximate surface area is 117 Å². The van der Waals surface area contributed by atoms with E-state index < -0.39 is 0 Å². The molecule has 0 atom stereocenters. The maximum absolute atomic E-state index is 11.3. The molecule has 0 saturated carbocycles. The fourth-order valence-corrected chi connectivity index (χ4v) is 1.80. The molecule has 0 aliphatic rings. The Morgan fingerprint density at radius 2 is 2.15 bits per heavy atom. The van der Waals surface area contributed by atoms with E-state index in [1.807, 2.05) is 62.4 Å². The van der Waals surface area contributed by atoms with E-state index in [4.69, 9.17) is 0 Å². The van der Waals surface area contributed by atoms with Crippen molar-refractivity contribution in [3.8, 4) is 0 Å². The van der Waals surface area contributed by atoms with E-state index in [1.165, 1.54) is 6.20 Å². The zero-order chi connectivity index (χ0) is 14.4. The van der Waals surface area contributed by atoms with Gasteiger partial charge in [0.15, 0.2) is 0 Å². The van der Waals surface area contributed by atoms with Gasteiger partial charge in [-0.05, 0) is 44.2 Å². The van der Waals surface area contributed by atoms with E-state index in [9.17, 15) is 4.79 Å². The molecule has 0 bridgehead atoms. The van der Waals surface area contributed by atoms with Crippen molar-refractivity contribution in [2.45, 2.75) is 13.8 Å². The third-order valence-corrected chi connectivity index (χ3v) is 2.68. The number of rotatable bonds is 4. The van der Waals surface area contributed by atoms with Gasteiger partial charge in [-0.3, -0.25) is 4.79 Å². The number of allylic oxidation sites excluding steroid dienone is 5. The average molecular weight is 267 g/mol. The Kier molecular flexibility index (Phi) is 4.50. The molecular formula is C16H17N3O. The fourth-order valence-electron chi connectivity index (χ4n) is 1.80. The number of benzene rings is 1. The highest BCUT2D eigenvalue weighted by Gasteiger charge is 1.99. The monoisotopic (exact) mass is 267 g/mol. The molecule has 0 fully saturated rings. The third kappa shape index (κ3) is 3.45. The third-order valence-electron chi connectivity index (χ3n) is 2.68. The summed E-state index contributed by atoms with van der Waals surface area (Å²) in [4.78, 5) is 18.1. The molecule has 0 unspecified atom stereocenters. The molecular weight excluding hydrogens is 250 g/mol. The number of aromatic amines is 1. The molecule has 0 saturated heterocycles. The molecule has 0 aliphatic carbocycles. The molecule has 2 N–H and O–H groups in total. The molecule has 0 radical (unpaired) electrons. The van der Waals surface area contributed by atoms with Gasteiger partial charge in [0.1, 0.15) is 0 Å². The molecule has 0 aliphatic heterocycles. The fraction of sp³-hybridized carbons (Fsp3) is 0.125. The molecule has 0 spiro atoms. The van der Waals surface area contributed by atoms with Crippen molar-refractivity contribution in [3.63, 3.8) is 0 Å². The first-order valence-corrected chi connectivity index (χ1v) is 6.44. The molecule has 20 heavy (non-hydrogen) atoms. The number of H-pyrrole nitrogens is 1. The average Bonchev–Trinajstić information content (AvgIpc) is 2.44. The summed E-state index contributed by atoms with van der Waals surface area (Å²) >= 11 is 0. The van der Waals surface area contributed by atoms with Crippen molar-refractivity contribution < 1.29 is 0 Å². The predicted molar refractivity (Wildman–Crippen MR) is 83.7 cm³/mol. The molecule has 102 valence electrons. The first kappa shape index (κ1) is 13.8. The Hall–Kier alpha value is -2.62. The molecule has 0 amide bonds. The summed E-state index contributed by atoms with van der Waals surface area (Å²) in [6.45, 7) is 3.93. The van der Waals surface area contributed by atoms with Gasteiger partial charge in [0.05, 0.1) is 17.2 Å². The highest BCUT2D eigenvalue weighted by molar-refractivity contribution is 5.78. The smallest absolute Gasteiger partial charge is 0.266 e. The minimum Gasteiger partial charge on any atom is -0.355 e. The van der Waals surface area contributed by atoms with Crippen LogP contribution in [0.4, 0.5) is 5.69 Å². The standard InChI is InChI=1S/C16H17N3O/c1-3-5-7-12(6-4-2)18-13-8-9-14-15(10-13)19-16(20)11-17-14/h3-11,18H,1-2H3,(H,19,20)/b5-3-,6-4+,12-7+. The van der Waals surface area contributed by atoms with Gasteiger partial charge in [-0.1, -0.05) is 18.2 Å². The molecule has 1 aromatic carbocycles. The van der Waals surface area contributed by atoms with Gasteiger partial charge in [-0.25, -0.2) is 4.98 Å². The SMILES string of the molecule is C\C=C/C=C(\C=C\C)Nc1ccc2ncc(=O)[nH]c2c1. The number of aromatic nitrogens is 2. The van der Waals surface area contributed by atoms with Crippen LogP contribution in [0.15, 0.2) is 65.3 Å². The van der Waals surface area contributed by atoms with Crippen molar-refractivity contribution in [1.82, 2.24) is 9.97 Å². The van der Waals surface area contributed by atoms with E-state index >= 15 is 0 Å². The number of hydrogen-bond donors (Lipinski definition) is 2. The van der Waals surface area contributed by atoms with Crippen LogP contribution in [0.2, 0.25) is 0 Å². The topological polar surface area (TPSA) is 57.8 Å². The van der Waals surface area contributed by atoms with Gasteiger partial charge < -0.3 is 10.3 Å². The van der Waals surface area contributed by atoms with Crippen LogP contribution in [-0.2, 0) is 0 Å². The molecule has 1 aromatic heterocycles. The second-order valence-electron chi connectivity index (χ2n) is 4.25. The minimum atomic E-state index is -0.201. The minimum absolute atomic E-state index is 0.201. The lowest BCUT2D eigenvalue weighted by atomic mass is 10.2. The van der Waals surface area contributed by atoms with Crippen LogP contribution in [0, 0.1) is 0 Å². The van der Waals surface area contributed by atoms with Crippen molar-refractivity contribution >= 4 is 16.7 Å². The quantitative estimate of drug-likeness (QED) is 0.835. The van der Waals surface area contributed by atoms with Gasteiger partial charge >= 0.3 is 0 Å². The summed E-state index contributed by atoms with van der Waals surface area (Å²) < 4.78 is 0.